The molecule has 2 N–H and O–H groups in total. The monoisotopic (exact) mass is 474 g/mol. The second kappa shape index (κ2) is 7.38. The fourth-order valence-corrected chi connectivity index (χ4v) is 7.88. The third-order valence-electron chi connectivity index (χ3n) is 9.48. The lowest BCUT2D eigenvalue weighted by Crippen LogP contribution is -3.24. The van der Waals surface area contributed by atoms with Gasteiger partial charge in [-0.25, -0.2) is 4.79 Å². The molecule has 2 unspecified atom stereocenters. The molecule has 0 radical (unpaired) electrons. The Hall–Kier alpha value is -2.74. The molecule has 7 nitrogen and oxygen atoms in total. The summed E-state index contributed by atoms with van der Waals surface area (Å²) < 4.78 is 6.24. The van der Waals surface area contributed by atoms with Crippen LogP contribution in [0, 0.1) is 11.1 Å². The molecule has 7 heteroatoms. The van der Waals surface area contributed by atoms with Gasteiger partial charge in [0.1, 0.15) is 11.0 Å². The molecular formula is C28H30N2O5. The van der Waals surface area contributed by atoms with Gasteiger partial charge in [-0.15, -0.1) is 0 Å². The highest BCUT2D eigenvalue weighted by Crippen LogP contribution is 2.64. The largest absolute Gasteiger partial charge is 0.626 e. The number of Topliss-reactive ketones (excluding diaryl/α,β-unsaturated/α-hetero) is 1. The van der Waals surface area contributed by atoms with Gasteiger partial charge in [-0.05, 0) is 55.3 Å². The number of piperidine rings is 1. The van der Waals surface area contributed by atoms with E-state index in [0.29, 0.717) is 30.9 Å². The second-order valence-corrected chi connectivity index (χ2v) is 11.2. The second-order valence-electron chi connectivity index (χ2n) is 11.2. The van der Waals surface area contributed by atoms with E-state index in [9.17, 15) is 19.9 Å². The predicted molar refractivity (Wildman–Crippen MR) is 127 cm³/mol. The van der Waals surface area contributed by atoms with Crippen molar-refractivity contribution in [3.05, 3.63) is 64.4 Å². The van der Waals surface area contributed by atoms with Crippen molar-refractivity contribution in [2.45, 2.75) is 68.0 Å². The van der Waals surface area contributed by atoms with Gasteiger partial charge in [-0.3, -0.25) is 9.69 Å². The number of hydrogen-bond donors (Lipinski definition) is 2. The summed E-state index contributed by atoms with van der Waals surface area (Å²) in [5, 5.41) is 24.8. The summed E-state index contributed by atoms with van der Waals surface area (Å²) in [6.07, 6.45) is 3.46. The summed E-state index contributed by atoms with van der Waals surface area (Å²) in [4.78, 5) is 29.4. The van der Waals surface area contributed by atoms with Gasteiger partial charge < -0.3 is 20.1 Å². The summed E-state index contributed by atoms with van der Waals surface area (Å²) in [6.45, 7) is 1.70. The van der Waals surface area contributed by atoms with Crippen LogP contribution in [-0.4, -0.2) is 52.5 Å². The van der Waals surface area contributed by atoms with E-state index in [1.807, 2.05) is 36.4 Å². The molecule has 2 aliphatic heterocycles. The molecule has 1 saturated heterocycles. The molecule has 5 aliphatic rings. The molecule has 7 rings (SSSR count). The van der Waals surface area contributed by atoms with Crippen LogP contribution in [0.4, 0.5) is 0 Å². The van der Waals surface area contributed by atoms with E-state index in [4.69, 9.17) is 4.74 Å². The number of ketones is 1. The number of nitrogens with zero attached hydrogens (tertiary/aromatic N) is 1. The fraction of sp³-hybridized carbons (Fsp3) is 0.500. The van der Waals surface area contributed by atoms with Crippen molar-refractivity contribution in [1.82, 2.24) is 4.90 Å². The number of carbonyl (C=O) groups is 2. The van der Waals surface area contributed by atoms with E-state index < -0.39 is 17.1 Å². The van der Waals surface area contributed by atoms with Crippen LogP contribution in [0.3, 0.4) is 0 Å². The molecule has 5 atom stereocenters. The molecule has 182 valence electrons. The molecule has 2 saturated carbocycles. The number of likely N-dealkylation sites (tertiary alicyclic amines) is 1. The lowest BCUT2D eigenvalue weighted by Gasteiger charge is -2.66. The minimum atomic E-state index is -1.02. The van der Waals surface area contributed by atoms with Crippen LogP contribution >= 0.6 is 0 Å². The maximum absolute atomic E-state index is 14.5. The first-order chi connectivity index (χ1) is 17.0. The molecule has 2 heterocycles. The number of phenols is 1. The maximum Gasteiger partial charge on any atom is 0.316 e. The number of aromatic hydroxyl groups is 1. The van der Waals surface area contributed by atoms with E-state index in [0.717, 1.165) is 29.8 Å². The van der Waals surface area contributed by atoms with Gasteiger partial charge in [-0.1, -0.05) is 36.4 Å². The van der Waals surface area contributed by atoms with Crippen molar-refractivity contribution in [3.63, 3.8) is 0 Å². The summed E-state index contributed by atoms with van der Waals surface area (Å²) in [5.74, 6) is 0.593. The Morgan fingerprint density at radius 1 is 1.17 bits per heavy atom. The standard InChI is InChI=1S/C28H30N2O5/c31-20-9-8-19-15-22-28(30(34)23(33)14-17-4-2-1-3-5-17)11-10-21(32)26-27(28,24(19)25(20)35-26)12-13-29(22)16-18-6-7-18/h1-5,8-9,18,22,26,30-31H,6-7,10-16H2/t22-,26+,27+,28?/m1/s1. The molecule has 3 fully saturated rings. The van der Waals surface area contributed by atoms with Crippen LogP contribution in [0.15, 0.2) is 42.5 Å². The van der Waals surface area contributed by atoms with Crippen LogP contribution in [0.25, 0.3) is 0 Å². The lowest BCUT2D eigenvalue weighted by atomic mass is 9.47. The molecule has 1 spiro atoms. The first kappa shape index (κ1) is 21.5. The van der Waals surface area contributed by atoms with Gasteiger partial charge in [0, 0.05) is 24.9 Å². The van der Waals surface area contributed by atoms with Gasteiger partial charge in [0.05, 0.1) is 12.5 Å². The first-order valence-corrected chi connectivity index (χ1v) is 12.9. The average Bonchev–Trinajstić information content (AvgIpc) is 3.61. The van der Waals surface area contributed by atoms with E-state index in [2.05, 4.69) is 4.90 Å². The highest BCUT2D eigenvalue weighted by atomic mass is 16.5. The van der Waals surface area contributed by atoms with Crippen LogP contribution in [0.1, 0.15) is 48.8 Å². The van der Waals surface area contributed by atoms with Crippen LogP contribution in [-0.2, 0) is 27.8 Å². The highest BCUT2D eigenvalue weighted by molar-refractivity contribution is 5.90. The normalized spacial score (nSPS) is 33.7. The molecular weight excluding hydrogens is 444 g/mol. The molecule has 35 heavy (non-hydrogen) atoms. The van der Waals surface area contributed by atoms with Gasteiger partial charge in [0.25, 0.3) is 0 Å². The Morgan fingerprint density at radius 3 is 2.74 bits per heavy atom. The SMILES string of the molecule is O=C1CCC2([NH+]([O-])C(=O)Cc3ccccc3)[C@H]3Cc4ccc(O)c5c4[C@@]2(CCN3CC2CC2)[C@H]1O5. The number of rotatable bonds is 5. The van der Waals surface area contributed by atoms with Gasteiger partial charge >= 0.3 is 5.91 Å². The number of carbonyl (C=O) groups excluding carboxylic acids is 2. The van der Waals surface area contributed by atoms with E-state index in [-0.39, 0.29) is 41.4 Å². The topological polar surface area (TPSA) is 94.3 Å². The fourth-order valence-electron chi connectivity index (χ4n) is 7.88. The molecule has 0 aromatic heterocycles. The molecule has 2 aromatic rings. The maximum atomic E-state index is 14.5. The number of hydrogen-bond acceptors (Lipinski definition) is 6. The summed E-state index contributed by atoms with van der Waals surface area (Å²) in [6, 6.07) is 12.8. The van der Waals surface area contributed by atoms with Gasteiger partial charge in [0.15, 0.2) is 23.4 Å². The summed E-state index contributed by atoms with van der Waals surface area (Å²) in [5.41, 5.74) is 0.771. The number of amides is 1. The Labute approximate surface area is 204 Å². The van der Waals surface area contributed by atoms with Crippen molar-refractivity contribution in [2.75, 3.05) is 13.1 Å². The van der Waals surface area contributed by atoms with Crippen molar-refractivity contribution < 1.29 is 24.5 Å². The Morgan fingerprint density at radius 2 is 1.97 bits per heavy atom. The van der Waals surface area contributed by atoms with E-state index >= 15 is 0 Å². The quantitative estimate of drug-likeness (QED) is 0.641. The lowest BCUT2D eigenvalue weighted by molar-refractivity contribution is -0.845. The first-order valence-electron chi connectivity index (χ1n) is 12.9. The van der Waals surface area contributed by atoms with Crippen LogP contribution in [0.2, 0.25) is 0 Å². The average molecular weight is 475 g/mol. The number of phenolic OH excluding ortho intramolecular Hbond substituents is 1. The predicted octanol–water partition coefficient (Wildman–Crippen LogP) is 1.69. The Balaban J connectivity index is 1.40. The number of hydroxylamine groups is 2. The minimum absolute atomic E-state index is 0.0103. The third kappa shape index (κ3) is 2.77. The van der Waals surface area contributed by atoms with Gasteiger partial charge in [0.2, 0.25) is 0 Å². The van der Waals surface area contributed by atoms with E-state index in [1.54, 1.807) is 6.07 Å². The van der Waals surface area contributed by atoms with Crippen molar-refractivity contribution in [2.24, 2.45) is 5.92 Å². The highest BCUT2D eigenvalue weighted by Gasteiger charge is 2.77. The van der Waals surface area contributed by atoms with Gasteiger partial charge in [-0.2, -0.15) is 0 Å². The van der Waals surface area contributed by atoms with Crippen LogP contribution in [0.5, 0.6) is 11.5 Å². The summed E-state index contributed by atoms with van der Waals surface area (Å²) >= 11 is 0. The van der Waals surface area contributed by atoms with Crippen molar-refractivity contribution in [1.29, 1.82) is 0 Å². The number of quaternary nitrogens is 1. The Bertz CT molecular complexity index is 1230. The van der Waals surface area contributed by atoms with Crippen molar-refractivity contribution in [3.8, 4) is 11.5 Å². The molecule has 2 aromatic carbocycles. The number of benzene rings is 2. The molecule has 3 aliphatic carbocycles. The minimum Gasteiger partial charge on any atom is -0.626 e. The number of ether oxygens (including phenoxy) is 1. The van der Waals surface area contributed by atoms with E-state index in [1.165, 1.54) is 12.8 Å². The zero-order chi connectivity index (χ0) is 23.9. The third-order valence-corrected chi connectivity index (χ3v) is 9.48. The van der Waals surface area contributed by atoms with Crippen LogP contribution < -0.4 is 9.80 Å². The molecule has 1 amide bonds. The Kier molecular flexibility index (Phi) is 4.54. The zero-order valence-corrected chi connectivity index (χ0v) is 19.7. The smallest absolute Gasteiger partial charge is 0.316 e. The van der Waals surface area contributed by atoms with Crippen molar-refractivity contribution >= 4 is 11.7 Å². The summed E-state index contributed by atoms with van der Waals surface area (Å²) in [7, 11) is 0. The number of nitrogens with one attached hydrogen (secondary N) is 1. The molecule has 2 bridgehead atoms. The zero-order valence-electron chi connectivity index (χ0n) is 19.7.